The summed E-state index contributed by atoms with van der Waals surface area (Å²) in [6, 6.07) is 0. The van der Waals surface area contributed by atoms with Crippen LogP contribution in [0.5, 0.6) is 0 Å². The number of alkyl halides is 3. The number of morpholine rings is 1. The molecule has 0 bridgehead atoms. The fourth-order valence-electron chi connectivity index (χ4n) is 1.52. The topological polar surface area (TPSA) is 41.6 Å². The Morgan fingerprint density at radius 1 is 1.53 bits per heavy atom. The van der Waals surface area contributed by atoms with E-state index in [1.54, 1.807) is 0 Å². The molecule has 0 saturated carbocycles. The second-order valence-corrected chi connectivity index (χ2v) is 4.08. The van der Waals surface area contributed by atoms with Crippen molar-refractivity contribution in [2.75, 3.05) is 33.3 Å². The molecule has 0 spiro atoms. The summed E-state index contributed by atoms with van der Waals surface area (Å²) in [6.07, 6.45) is -5.30. The van der Waals surface area contributed by atoms with E-state index < -0.39 is 12.6 Å². The number of nitrogens with zero attached hydrogens (tertiary/aromatic N) is 1. The van der Waals surface area contributed by atoms with Crippen LogP contribution in [0, 0.1) is 0 Å². The Labute approximate surface area is 98.1 Å². The first-order valence-electron chi connectivity index (χ1n) is 5.51. The lowest BCUT2D eigenvalue weighted by Crippen LogP contribution is -2.42. The lowest BCUT2D eigenvalue weighted by atomic mass is 10.2. The number of ether oxygens (including phenoxy) is 1. The Hall–Kier alpha value is -0.820. The first-order chi connectivity index (χ1) is 7.88. The summed E-state index contributed by atoms with van der Waals surface area (Å²) in [5.41, 5.74) is 0. The molecule has 1 rings (SSSR count). The molecule has 1 aliphatic heterocycles. The summed E-state index contributed by atoms with van der Waals surface area (Å²) < 4.78 is 41.2. The zero-order valence-corrected chi connectivity index (χ0v) is 9.72. The highest BCUT2D eigenvalue weighted by molar-refractivity contribution is 5.76. The molecule has 0 aromatic rings. The van der Waals surface area contributed by atoms with Crippen molar-refractivity contribution in [3.05, 3.63) is 0 Å². The fraction of sp³-hybridized carbons (Fsp3) is 0.900. The molecule has 1 aliphatic rings. The molecule has 1 heterocycles. The molecule has 4 nitrogen and oxygen atoms in total. The normalized spacial score (nSPS) is 21.3. The lowest BCUT2D eigenvalue weighted by molar-refractivity contribution is -0.145. The van der Waals surface area contributed by atoms with Gasteiger partial charge >= 0.3 is 6.18 Å². The smallest absolute Gasteiger partial charge is 0.375 e. The maximum Gasteiger partial charge on any atom is 0.390 e. The van der Waals surface area contributed by atoms with Gasteiger partial charge in [-0.25, -0.2) is 0 Å². The molecule has 0 radical (unpaired) electrons. The minimum atomic E-state index is -4.22. The van der Waals surface area contributed by atoms with Crippen LogP contribution in [0.25, 0.3) is 0 Å². The molecule has 1 fully saturated rings. The van der Waals surface area contributed by atoms with Crippen LogP contribution in [-0.2, 0) is 9.53 Å². The molecule has 100 valence electrons. The van der Waals surface area contributed by atoms with E-state index in [4.69, 9.17) is 4.74 Å². The predicted molar refractivity (Wildman–Crippen MR) is 55.5 cm³/mol. The summed E-state index contributed by atoms with van der Waals surface area (Å²) in [7, 11) is 1.38. The summed E-state index contributed by atoms with van der Waals surface area (Å²) in [6.45, 7) is 1.54. The molecule has 1 saturated heterocycles. The van der Waals surface area contributed by atoms with E-state index in [0.29, 0.717) is 13.2 Å². The van der Waals surface area contributed by atoms with Gasteiger partial charge in [-0.05, 0) is 0 Å². The van der Waals surface area contributed by atoms with Gasteiger partial charge in [0.15, 0.2) is 0 Å². The largest absolute Gasteiger partial charge is 0.390 e. The van der Waals surface area contributed by atoms with Gasteiger partial charge in [0.05, 0.1) is 25.6 Å². The Bertz CT molecular complexity index is 252. The van der Waals surface area contributed by atoms with Crippen molar-refractivity contribution in [1.82, 2.24) is 10.2 Å². The number of amides is 1. The third-order valence-corrected chi connectivity index (χ3v) is 2.56. The average molecular weight is 254 g/mol. The van der Waals surface area contributed by atoms with E-state index in [-0.39, 0.29) is 25.0 Å². The SMILES string of the molecule is CN(CCC(F)(F)F)C(=O)CC1CNCCO1. The Balaban J connectivity index is 2.26. The molecule has 0 aromatic carbocycles. The number of rotatable bonds is 4. The van der Waals surface area contributed by atoms with E-state index in [2.05, 4.69) is 5.32 Å². The van der Waals surface area contributed by atoms with Gasteiger partial charge in [0.2, 0.25) is 5.91 Å². The Morgan fingerprint density at radius 3 is 2.76 bits per heavy atom. The van der Waals surface area contributed by atoms with Crippen LogP contribution in [0.4, 0.5) is 13.2 Å². The molecule has 0 aromatic heterocycles. The van der Waals surface area contributed by atoms with Crippen molar-refractivity contribution in [3.8, 4) is 0 Å². The van der Waals surface area contributed by atoms with E-state index in [1.807, 2.05) is 0 Å². The van der Waals surface area contributed by atoms with Gasteiger partial charge in [0, 0.05) is 26.7 Å². The molecule has 7 heteroatoms. The third kappa shape index (κ3) is 5.88. The number of carbonyl (C=O) groups is 1. The van der Waals surface area contributed by atoms with Gasteiger partial charge in [-0.2, -0.15) is 13.2 Å². The quantitative estimate of drug-likeness (QED) is 0.806. The maximum atomic E-state index is 12.0. The Morgan fingerprint density at radius 2 is 2.24 bits per heavy atom. The highest BCUT2D eigenvalue weighted by Gasteiger charge is 2.28. The van der Waals surface area contributed by atoms with Gasteiger partial charge in [-0.15, -0.1) is 0 Å². The number of hydrogen-bond acceptors (Lipinski definition) is 3. The van der Waals surface area contributed by atoms with Gasteiger partial charge in [0.1, 0.15) is 0 Å². The van der Waals surface area contributed by atoms with Crippen molar-refractivity contribution in [3.63, 3.8) is 0 Å². The van der Waals surface area contributed by atoms with Gasteiger partial charge in [-0.3, -0.25) is 4.79 Å². The van der Waals surface area contributed by atoms with Gasteiger partial charge in [-0.1, -0.05) is 0 Å². The molecule has 0 aliphatic carbocycles. The lowest BCUT2D eigenvalue weighted by Gasteiger charge is -2.25. The van der Waals surface area contributed by atoms with Crippen LogP contribution in [0.1, 0.15) is 12.8 Å². The van der Waals surface area contributed by atoms with Crippen LogP contribution in [0.15, 0.2) is 0 Å². The number of carbonyl (C=O) groups excluding carboxylic acids is 1. The average Bonchev–Trinajstić information content (AvgIpc) is 2.26. The maximum absolute atomic E-state index is 12.0. The molecular formula is C10H17F3N2O2. The summed E-state index contributed by atoms with van der Waals surface area (Å²) in [5.74, 6) is -0.317. The summed E-state index contributed by atoms with van der Waals surface area (Å²) in [5, 5.41) is 3.06. The third-order valence-electron chi connectivity index (χ3n) is 2.56. The van der Waals surface area contributed by atoms with Crippen molar-refractivity contribution in [1.29, 1.82) is 0 Å². The van der Waals surface area contributed by atoms with Crippen LogP contribution >= 0.6 is 0 Å². The minimum Gasteiger partial charge on any atom is -0.375 e. The van der Waals surface area contributed by atoms with Gasteiger partial charge in [0.25, 0.3) is 0 Å². The zero-order chi connectivity index (χ0) is 12.9. The van der Waals surface area contributed by atoms with Crippen molar-refractivity contribution >= 4 is 5.91 Å². The molecule has 17 heavy (non-hydrogen) atoms. The summed E-state index contributed by atoms with van der Waals surface area (Å²) >= 11 is 0. The highest BCUT2D eigenvalue weighted by Crippen LogP contribution is 2.19. The Kier molecular flexibility index (Phi) is 5.20. The fourth-order valence-corrected chi connectivity index (χ4v) is 1.52. The van der Waals surface area contributed by atoms with E-state index in [1.165, 1.54) is 7.05 Å². The van der Waals surface area contributed by atoms with Crippen LogP contribution in [0.2, 0.25) is 0 Å². The van der Waals surface area contributed by atoms with Crippen LogP contribution in [0.3, 0.4) is 0 Å². The molecular weight excluding hydrogens is 237 g/mol. The monoisotopic (exact) mass is 254 g/mol. The molecule has 1 amide bonds. The van der Waals surface area contributed by atoms with Crippen molar-refractivity contribution < 1.29 is 22.7 Å². The minimum absolute atomic E-state index is 0.126. The molecule has 1 atom stereocenters. The summed E-state index contributed by atoms with van der Waals surface area (Å²) in [4.78, 5) is 12.7. The van der Waals surface area contributed by atoms with Gasteiger partial charge < -0.3 is 15.0 Å². The van der Waals surface area contributed by atoms with Crippen LogP contribution < -0.4 is 5.32 Å². The van der Waals surface area contributed by atoms with E-state index in [0.717, 1.165) is 11.4 Å². The van der Waals surface area contributed by atoms with Crippen molar-refractivity contribution in [2.45, 2.75) is 25.1 Å². The van der Waals surface area contributed by atoms with E-state index >= 15 is 0 Å². The van der Waals surface area contributed by atoms with Crippen molar-refractivity contribution in [2.24, 2.45) is 0 Å². The zero-order valence-electron chi connectivity index (χ0n) is 9.72. The molecule has 1 unspecified atom stereocenters. The number of halogens is 3. The first-order valence-corrected chi connectivity index (χ1v) is 5.51. The molecule has 1 N–H and O–H groups in total. The second-order valence-electron chi connectivity index (χ2n) is 4.08. The number of hydrogen-bond donors (Lipinski definition) is 1. The number of nitrogens with one attached hydrogen (secondary N) is 1. The second kappa shape index (κ2) is 6.20. The van der Waals surface area contributed by atoms with Crippen LogP contribution in [-0.4, -0.2) is 56.4 Å². The predicted octanol–water partition coefficient (Wildman–Crippen LogP) is 0.776. The van der Waals surface area contributed by atoms with E-state index in [9.17, 15) is 18.0 Å². The standard InChI is InChI=1S/C10H17F3N2O2/c1-15(4-2-10(11,12)13)9(16)6-8-7-14-3-5-17-8/h8,14H,2-7H2,1H3. The highest BCUT2D eigenvalue weighted by atomic mass is 19.4. The first kappa shape index (κ1) is 14.2.